The minimum absolute atomic E-state index is 0.241. The Balaban J connectivity index is 1.62. The van der Waals surface area contributed by atoms with Crippen LogP contribution in [0.1, 0.15) is 34.8 Å². The molecule has 0 fully saturated rings. The zero-order chi connectivity index (χ0) is 18.3. The molecule has 26 heavy (non-hydrogen) atoms. The predicted molar refractivity (Wildman–Crippen MR) is 98.5 cm³/mol. The first kappa shape index (κ1) is 16.3. The van der Waals surface area contributed by atoms with Gasteiger partial charge in [-0.15, -0.1) is 0 Å². The molecule has 5 heteroatoms. The number of para-hydroxylation sites is 1. The van der Waals surface area contributed by atoms with Gasteiger partial charge >= 0.3 is 0 Å². The summed E-state index contributed by atoms with van der Waals surface area (Å²) in [5.74, 6) is 0.0994. The normalized spacial score (nSPS) is 12.4. The van der Waals surface area contributed by atoms with Crippen molar-refractivity contribution in [3.05, 3.63) is 77.4 Å². The Morgan fingerprint density at radius 1 is 1.12 bits per heavy atom. The second-order valence-electron chi connectivity index (χ2n) is 6.34. The van der Waals surface area contributed by atoms with E-state index in [0.717, 1.165) is 16.4 Å². The van der Waals surface area contributed by atoms with E-state index in [-0.39, 0.29) is 17.8 Å². The molecule has 0 aliphatic heterocycles. The minimum Gasteiger partial charge on any atom is -0.459 e. The van der Waals surface area contributed by atoms with Crippen molar-refractivity contribution >= 4 is 27.8 Å². The van der Waals surface area contributed by atoms with Crippen LogP contribution >= 0.6 is 0 Å². The van der Waals surface area contributed by atoms with E-state index in [1.165, 1.54) is 12.1 Å². The molecule has 0 bridgehead atoms. The second kappa shape index (κ2) is 6.26. The topological polar surface area (TPSA) is 55.1 Å². The lowest BCUT2D eigenvalue weighted by atomic mass is 10.1. The van der Waals surface area contributed by atoms with Gasteiger partial charge in [0.1, 0.15) is 17.2 Å². The Morgan fingerprint density at radius 2 is 1.92 bits per heavy atom. The Labute approximate surface area is 149 Å². The molecule has 2 heterocycles. The highest BCUT2D eigenvalue weighted by Gasteiger charge is 2.18. The van der Waals surface area contributed by atoms with E-state index in [1.54, 1.807) is 19.1 Å². The van der Waals surface area contributed by atoms with Crippen LogP contribution in [0.25, 0.3) is 21.9 Å². The molecule has 1 N–H and O–H groups in total. The molecule has 1 atom stereocenters. The smallest absolute Gasteiger partial charge is 0.253 e. The number of amides is 1. The molecule has 4 rings (SSSR count). The number of halogens is 1. The van der Waals surface area contributed by atoms with Crippen LogP contribution in [0.2, 0.25) is 0 Å². The Hall–Kier alpha value is -3.21. The van der Waals surface area contributed by atoms with Crippen LogP contribution < -0.4 is 5.32 Å². The van der Waals surface area contributed by atoms with E-state index >= 15 is 0 Å². The molecule has 0 unspecified atom stereocenters. The summed E-state index contributed by atoms with van der Waals surface area (Å²) in [6.07, 6.45) is 0. The maximum Gasteiger partial charge on any atom is 0.253 e. The number of nitrogens with one attached hydrogen (secondary N) is 1. The number of hydrogen-bond acceptors (Lipinski definition) is 3. The maximum absolute atomic E-state index is 13.3. The summed E-state index contributed by atoms with van der Waals surface area (Å²) in [5.41, 5.74) is 2.34. The fraction of sp³-hybridized carbons (Fsp3) is 0.143. The maximum atomic E-state index is 13.3. The number of aromatic nitrogens is 1. The molecular formula is C21H17FN2O2. The molecule has 0 saturated carbocycles. The number of carbonyl (C=O) groups is 1. The van der Waals surface area contributed by atoms with E-state index < -0.39 is 0 Å². The first-order chi connectivity index (χ1) is 12.5. The Kier molecular flexibility index (Phi) is 3.92. The third-order valence-corrected chi connectivity index (χ3v) is 4.43. The van der Waals surface area contributed by atoms with Crippen molar-refractivity contribution in [2.75, 3.05) is 0 Å². The summed E-state index contributed by atoms with van der Waals surface area (Å²) < 4.78 is 19.2. The highest BCUT2D eigenvalue weighted by atomic mass is 19.1. The molecule has 130 valence electrons. The van der Waals surface area contributed by atoms with E-state index in [0.29, 0.717) is 22.5 Å². The Bertz CT molecular complexity index is 1100. The SMILES string of the molecule is Cc1nc2cc(F)ccc2cc1C(=O)N[C@H](C)c1cc2ccccc2o1. The van der Waals surface area contributed by atoms with E-state index in [2.05, 4.69) is 10.3 Å². The first-order valence-corrected chi connectivity index (χ1v) is 8.37. The molecule has 0 radical (unpaired) electrons. The predicted octanol–water partition coefficient (Wildman–Crippen LogP) is 4.92. The number of furan rings is 1. The number of fused-ring (bicyclic) bond motifs is 2. The van der Waals surface area contributed by atoms with Gasteiger partial charge in [0.15, 0.2) is 0 Å². The number of aryl methyl sites for hydroxylation is 1. The van der Waals surface area contributed by atoms with Crippen LogP contribution in [-0.4, -0.2) is 10.9 Å². The fourth-order valence-electron chi connectivity index (χ4n) is 3.03. The van der Waals surface area contributed by atoms with E-state index in [9.17, 15) is 9.18 Å². The summed E-state index contributed by atoms with van der Waals surface area (Å²) >= 11 is 0. The number of rotatable bonds is 3. The molecule has 4 aromatic rings. The average Bonchev–Trinajstić information content (AvgIpc) is 3.05. The molecule has 2 aromatic carbocycles. The van der Waals surface area contributed by atoms with Gasteiger partial charge in [0.05, 0.1) is 22.8 Å². The highest BCUT2D eigenvalue weighted by Crippen LogP contribution is 2.24. The van der Waals surface area contributed by atoms with Crippen molar-refractivity contribution in [3.8, 4) is 0 Å². The summed E-state index contributed by atoms with van der Waals surface area (Å²) in [6.45, 7) is 3.61. The molecule has 2 aromatic heterocycles. The zero-order valence-corrected chi connectivity index (χ0v) is 14.4. The average molecular weight is 348 g/mol. The van der Waals surface area contributed by atoms with E-state index in [4.69, 9.17) is 4.42 Å². The summed E-state index contributed by atoms with van der Waals surface area (Å²) in [6, 6.07) is 15.4. The second-order valence-corrected chi connectivity index (χ2v) is 6.34. The number of pyridine rings is 1. The number of hydrogen-bond donors (Lipinski definition) is 1. The van der Waals surface area contributed by atoms with Gasteiger partial charge in [-0.25, -0.2) is 4.39 Å². The first-order valence-electron chi connectivity index (χ1n) is 8.37. The third-order valence-electron chi connectivity index (χ3n) is 4.43. The zero-order valence-electron chi connectivity index (χ0n) is 14.4. The van der Waals surface area contributed by atoms with Gasteiger partial charge in [-0.1, -0.05) is 18.2 Å². The number of carbonyl (C=O) groups excluding carboxylic acids is 1. The molecule has 4 nitrogen and oxygen atoms in total. The van der Waals surface area contributed by atoms with Crippen molar-refractivity contribution in [2.24, 2.45) is 0 Å². The van der Waals surface area contributed by atoms with Crippen LogP contribution in [-0.2, 0) is 0 Å². The van der Waals surface area contributed by atoms with Crippen molar-refractivity contribution in [1.29, 1.82) is 0 Å². The number of nitrogens with zero attached hydrogens (tertiary/aromatic N) is 1. The monoisotopic (exact) mass is 348 g/mol. The summed E-state index contributed by atoms with van der Waals surface area (Å²) in [4.78, 5) is 17.1. The lowest BCUT2D eigenvalue weighted by molar-refractivity contribution is 0.0935. The van der Waals surface area contributed by atoms with Gasteiger partial charge in [-0.3, -0.25) is 9.78 Å². The van der Waals surface area contributed by atoms with Crippen LogP contribution in [0.15, 0.2) is 59.0 Å². The molecular weight excluding hydrogens is 331 g/mol. The van der Waals surface area contributed by atoms with Gasteiger partial charge in [0.25, 0.3) is 5.91 Å². The van der Waals surface area contributed by atoms with Crippen molar-refractivity contribution in [2.45, 2.75) is 19.9 Å². The van der Waals surface area contributed by atoms with Crippen LogP contribution in [0.4, 0.5) is 4.39 Å². The quantitative estimate of drug-likeness (QED) is 0.572. The highest BCUT2D eigenvalue weighted by molar-refractivity contribution is 5.98. The Morgan fingerprint density at radius 3 is 2.73 bits per heavy atom. The lowest BCUT2D eigenvalue weighted by Crippen LogP contribution is -2.27. The molecule has 0 aliphatic carbocycles. The molecule has 0 aliphatic rings. The largest absolute Gasteiger partial charge is 0.459 e. The number of benzene rings is 2. The summed E-state index contributed by atoms with van der Waals surface area (Å²) in [5, 5.41) is 4.66. The minimum atomic E-state index is -0.347. The van der Waals surface area contributed by atoms with Gasteiger partial charge in [0.2, 0.25) is 0 Å². The van der Waals surface area contributed by atoms with Crippen molar-refractivity contribution in [1.82, 2.24) is 10.3 Å². The fourth-order valence-corrected chi connectivity index (χ4v) is 3.03. The van der Waals surface area contributed by atoms with Crippen molar-refractivity contribution < 1.29 is 13.6 Å². The molecule has 0 spiro atoms. The van der Waals surface area contributed by atoms with Crippen molar-refractivity contribution in [3.63, 3.8) is 0 Å². The van der Waals surface area contributed by atoms with Crippen LogP contribution in [0.3, 0.4) is 0 Å². The van der Waals surface area contributed by atoms with Gasteiger partial charge < -0.3 is 9.73 Å². The lowest BCUT2D eigenvalue weighted by Gasteiger charge is -2.13. The van der Waals surface area contributed by atoms with Gasteiger partial charge in [-0.05, 0) is 44.2 Å². The van der Waals surface area contributed by atoms with E-state index in [1.807, 2.05) is 37.3 Å². The van der Waals surface area contributed by atoms with Gasteiger partial charge in [-0.2, -0.15) is 0 Å². The van der Waals surface area contributed by atoms with Crippen LogP contribution in [0.5, 0.6) is 0 Å². The van der Waals surface area contributed by atoms with Gasteiger partial charge in [0, 0.05) is 16.8 Å². The molecule has 0 saturated heterocycles. The third kappa shape index (κ3) is 2.92. The molecule has 1 amide bonds. The van der Waals surface area contributed by atoms with Crippen LogP contribution in [0, 0.1) is 12.7 Å². The summed E-state index contributed by atoms with van der Waals surface area (Å²) in [7, 11) is 0. The standard InChI is InChI=1S/C21H17FN2O2/c1-12-17(9-14-7-8-16(22)11-18(14)23-12)21(25)24-13(2)20-10-15-5-3-4-6-19(15)26-20/h3-11,13H,1-2H3,(H,24,25)/t13-/m1/s1.